The Hall–Kier alpha value is -2.28. The summed E-state index contributed by atoms with van der Waals surface area (Å²) in [7, 11) is 4.86. The molecule has 1 aromatic rings. The minimum atomic E-state index is -0.159. The highest BCUT2D eigenvalue weighted by atomic mass is 16.5. The number of amides is 2. The second kappa shape index (κ2) is 6.01. The van der Waals surface area contributed by atoms with Gasteiger partial charge in [-0.3, -0.25) is 9.59 Å². The van der Waals surface area contributed by atoms with E-state index in [1.807, 2.05) is 0 Å². The normalized spacial score (nSPS) is 14.4. The average molecular weight is 292 g/mol. The lowest BCUT2D eigenvalue weighted by molar-refractivity contribution is -0.129. The first-order chi connectivity index (χ1) is 9.93. The summed E-state index contributed by atoms with van der Waals surface area (Å²) >= 11 is 0. The monoisotopic (exact) mass is 292 g/mol. The standard InChI is InChI=1S/C14H20N4O3/c1-17(2)14(20)8-18-11-5-10(15)12(21-3)4-9(11)6-16-7-13(18)19/h4-5,16H,6-8,15H2,1-3H3. The number of likely N-dealkylation sites (N-methyl/N-ethyl adjacent to an activating group) is 1. The van der Waals surface area contributed by atoms with Gasteiger partial charge in [0.2, 0.25) is 11.8 Å². The van der Waals surface area contributed by atoms with Gasteiger partial charge in [0.1, 0.15) is 12.3 Å². The Morgan fingerprint density at radius 1 is 1.43 bits per heavy atom. The van der Waals surface area contributed by atoms with Gasteiger partial charge in [0.05, 0.1) is 25.0 Å². The molecule has 0 fully saturated rings. The van der Waals surface area contributed by atoms with Gasteiger partial charge in [-0.25, -0.2) is 0 Å². The predicted molar refractivity (Wildman–Crippen MR) is 80.2 cm³/mol. The molecule has 0 bridgehead atoms. The minimum absolute atomic E-state index is 0.00766. The largest absolute Gasteiger partial charge is 0.495 e. The molecule has 0 aromatic heterocycles. The van der Waals surface area contributed by atoms with Gasteiger partial charge in [0.15, 0.2) is 0 Å². The van der Waals surface area contributed by atoms with Crippen molar-refractivity contribution in [3.8, 4) is 5.75 Å². The number of carbonyl (C=O) groups is 2. The van der Waals surface area contributed by atoms with E-state index in [1.54, 1.807) is 33.3 Å². The number of hydrogen-bond donors (Lipinski definition) is 2. The molecular formula is C14H20N4O3. The van der Waals surface area contributed by atoms with Gasteiger partial charge < -0.3 is 25.6 Å². The van der Waals surface area contributed by atoms with Crippen LogP contribution < -0.4 is 20.7 Å². The van der Waals surface area contributed by atoms with Crippen LogP contribution in [0.2, 0.25) is 0 Å². The van der Waals surface area contributed by atoms with E-state index < -0.39 is 0 Å². The number of hydrogen-bond acceptors (Lipinski definition) is 5. The molecule has 1 heterocycles. The maximum Gasteiger partial charge on any atom is 0.242 e. The molecule has 1 aliphatic rings. The van der Waals surface area contributed by atoms with Gasteiger partial charge in [0.25, 0.3) is 0 Å². The first-order valence-electron chi connectivity index (χ1n) is 6.61. The number of fused-ring (bicyclic) bond motifs is 1. The Kier molecular flexibility index (Phi) is 4.32. The number of benzene rings is 1. The van der Waals surface area contributed by atoms with E-state index in [4.69, 9.17) is 10.5 Å². The van der Waals surface area contributed by atoms with Crippen molar-refractivity contribution in [2.75, 3.05) is 44.9 Å². The second-order valence-electron chi connectivity index (χ2n) is 5.09. The fraction of sp³-hybridized carbons (Fsp3) is 0.429. The summed E-state index contributed by atoms with van der Waals surface area (Å²) < 4.78 is 5.20. The molecule has 0 saturated carbocycles. The van der Waals surface area contributed by atoms with E-state index in [2.05, 4.69) is 5.32 Å². The maximum absolute atomic E-state index is 12.2. The number of nitrogens with one attached hydrogen (secondary N) is 1. The lowest BCUT2D eigenvalue weighted by atomic mass is 10.1. The quantitative estimate of drug-likeness (QED) is 0.753. The van der Waals surface area contributed by atoms with Crippen molar-refractivity contribution in [1.29, 1.82) is 0 Å². The molecule has 0 spiro atoms. The van der Waals surface area contributed by atoms with Gasteiger partial charge in [-0.1, -0.05) is 0 Å². The summed E-state index contributed by atoms with van der Waals surface area (Å²) in [6.07, 6.45) is 0. The summed E-state index contributed by atoms with van der Waals surface area (Å²) in [5.41, 5.74) is 7.89. The van der Waals surface area contributed by atoms with E-state index in [9.17, 15) is 9.59 Å². The van der Waals surface area contributed by atoms with Crippen LogP contribution in [0.25, 0.3) is 0 Å². The molecule has 1 aromatic carbocycles. The van der Waals surface area contributed by atoms with Crippen LogP contribution in [-0.4, -0.2) is 51.0 Å². The van der Waals surface area contributed by atoms with E-state index in [-0.39, 0.29) is 24.9 Å². The fourth-order valence-electron chi connectivity index (χ4n) is 2.18. The third-order valence-electron chi connectivity index (χ3n) is 3.41. The second-order valence-corrected chi connectivity index (χ2v) is 5.09. The zero-order valence-electron chi connectivity index (χ0n) is 12.5. The molecule has 3 N–H and O–H groups in total. The maximum atomic E-state index is 12.2. The third kappa shape index (κ3) is 3.08. The smallest absolute Gasteiger partial charge is 0.242 e. The molecule has 1 aliphatic heterocycles. The van der Waals surface area contributed by atoms with Crippen molar-refractivity contribution in [3.05, 3.63) is 17.7 Å². The molecule has 21 heavy (non-hydrogen) atoms. The summed E-state index contributed by atoms with van der Waals surface area (Å²) in [5, 5.41) is 3.04. The number of methoxy groups -OCH3 is 1. The van der Waals surface area contributed by atoms with Crippen LogP contribution >= 0.6 is 0 Å². The van der Waals surface area contributed by atoms with Crippen LogP contribution in [-0.2, 0) is 16.1 Å². The lowest BCUT2D eigenvalue weighted by Gasteiger charge is -2.24. The molecule has 0 atom stereocenters. The summed E-state index contributed by atoms with van der Waals surface area (Å²) in [6, 6.07) is 3.48. The van der Waals surface area contributed by atoms with Crippen molar-refractivity contribution in [2.24, 2.45) is 0 Å². The first-order valence-corrected chi connectivity index (χ1v) is 6.61. The Morgan fingerprint density at radius 3 is 2.76 bits per heavy atom. The first kappa shape index (κ1) is 15.1. The van der Waals surface area contributed by atoms with E-state index in [0.717, 1.165) is 5.56 Å². The van der Waals surface area contributed by atoms with Crippen LogP contribution in [0.1, 0.15) is 5.56 Å². The number of nitrogen functional groups attached to an aromatic ring is 1. The number of carbonyl (C=O) groups excluding carboxylic acids is 2. The van der Waals surface area contributed by atoms with Gasteiger partial charge in [-0.05, 0) is 17.7 Å². The number of ether oxygens (including phenoxy) is 1. The van der Waals surface area contributed by atoms with Crippen LogP contribution in [0.5, 0.6) is 5.75 Å². The van der Waals surface area contributed by atoms with Gasteiger partial charge in [0, 0.05) is 20.6 Å². The lowest BCUT2D eigenvalue weighted by Crippen LogP contribution is -2.42. The molecular weight excluding hydrogens is 272 g/mol. The van der Waals surface area contributed by atoms with E-state index in [1.165, 1.54) is 9.80 Å². The number of nitrogens with zero attached hydrogens (tertiary/aromatic N) is 2. The minimum Gasteiger partial charge on any atom is -0.495 e. The Morgan fingerprint density at radius 2 is 2.14 bits per heavy atom. The molecule has 7 heteroatoms. The molecule has 2 rings (SSSR count). The average Bonchev–Trinajstić information content (AvgIpc) is 2.58. The fourth-order valence-corrected chi connectivity index (χ4v) is 2.18. The van der Waals surface area contributed by atoms with E-state index in [0.29, 0.717) is 23.7 Å². The summed E-state index contributed by atoms with van der Waals surface area (Å²) in [4.78, 5) is 27.1. The third-order valence-corrected chi connectivity index (χ3v) is 3.41. The molecule has 2 amide bonds. The Labute approximate surface area is 123 Å². The van der Waals surface area contributed by atoms with Gasteiger partial charge >= 0.3 is 0 Å². The highest BCUT2D eigenvalue weighted by Crippen LogP contribution is 2.32. The zero-order chi connectivity index (χ0) is 15.6. The van der Waals surface area contributed by atoms with Crippen molar-refractivity contribution in [2.45, 2.75) is 6.54 Å². The van der Waals surface area contributed by atoms with Crippen LogP contribution in [0.4, 0.5) is 11.4 Å². The van der Waals surface area contributed by atoms with Gasteiger partial charge in [-0.2, -0.15) is 0 Å². The van der Waals surface area contributed by atoms with Gasteiger partial charge in [-0.15, -0.1) is 0 Å². The molecule has 0 aliphatic carbocycles. The van der Waals surface area contributed by atoms with Crippen LogP contribution in [0.3, 0.4) is 0 Å². The van der Waals surface area contributed by atoms with Crippen LogP contribution in [0.15, 0.2) is 12.1 Å². The molecule has 114 valence electrons. The van der Waals surface area contributed by atoms with Crippen molar-refractivity contribution < 1.29 is 14.3 Å². The topological polar surface area (TPSA) is 87.9 Å². The molecule has 0 radical (unpaired) electrons. The van der Waals surface area contributed by atoms with Crippen LogP contribution in [0, 0.1) is 0 Å². The SMILES string of the molecule is COc1cc2c(cc1N)N(CC(=O)N(C)C)C(=O)CNC2. The summed E-state index contributed by atoms with van der Waals surface area (Å²) in [6.45, 7) is 0.689. The molecule has 0 saturated heterocycles. The predicted octanol–water partition coefficient (Wildman–Crippen LogP) is -0.198. The van der Waals surface area contributed by atoms with Crippen molar-refractivity contribution >= 4 is 23.2 Å². The molecule has 0 unspecified atom stereocenters. The van der Waals surface area contributed by atoms with Crippen molar-refractivity contribution in [1.82, 2.24) is 10.2 Å². The Bertz CT molecular complexity index is 572. The zero-order valence-corrected chi connectivity index (χ0v) is 12.5. The highest BCUT2D eigenvalue weighted by molar-refractivity contribution is 6.01. The molecule has 7 nitrogen and oxygen atoms in total. The van der Waals surface area contributed by atoms with E-state index >= 15 is 0 Å². The highest BCUT2D eigenvalue weighted by Gasteiger charge is 2.25. The summed E-state index contributed by atoms with van der Waals surface area (Å²) in [5.74, 6) is 0.253. The van der Waals surface area contributed by atoms with Crippen molar-refractivity contribution in [3.63, 3.8) is 0 Å². The number of rotatable bonds is 3. The number of nitrogens with two attached hydrogens (primary N) is 1. The Balaban J connectivity index is 2.43. The number of anilines is 2.